The molecule has 2 aliphatic rings. The lowest BCUT2D eigenvalue weighted by atomic mass is 9.95. The molecule has 98 valence electrons. The molecule has 0 unspecified atom stereocenters. The molecule has 17 heavy (non-hydrogen) atoms. The molecule has 1 saturated carbocycles. The van der Waals surface area contributed by atoms with Crippen molar-refractivity contribution in [3.63, 3.8) is 0 Å². The lowest BCUT2D eigenvalue weighted by Gasteiger charge is -2.26. The Hall–Kier alpha value is -0.610. The van der Waals surface area contributed by atoms with Crippen molar-refractivity contribution in [3.8, 4) is 0 Å². The van der Waals surface area contributed by atoms with Gasteiger partial charge in [0.2, 0.25) is 5.91 Å². The molecule has 1 amide bonds. The van der Waals surface area contributed by atoms with Crippen molar-refractivity contribution >= 4 is 5.91 Å². The summed E-state index contributed by atoms with van der Waals surface area (Å²) in [5, 5.41) is 12.3. The molecule has 4 nitrogen and oxygen atoms in total. The zero-order valence-electron chi connectivity index (χ0n) is 10.5. The van der Waals surface area contributed by atoms with Crippen LogP contribution in [0.1, 0.15) is 44.9 Å². The molecule has 2 fully saturated rings. The van der Waals surface area contributed by atoms with Gasteiger partial charge in [-0.2, -0.15) is 0 Å². The summed E-state index contributed by atoms with van der Waals surface area (Å²) in [6.45, 7) is 1.59. The molecule has 2 N–H and O–H groups in total. The first-order chi connectivity index (χ1) is 8.29. The van der Waals surface area contributed by atoms with Crippen molar-refractivity contribution in [1.82, 2.24) is 10.2 Å². The van der Waals surface area contributed by atoms with E-state index >= 15 is 0 Å². The first-order valence-corrected chi connectivity index (χ1v) is 6.94. The standard InChI is InChI=1S/C13H24N2O2/c16-10-12-7-4-8-15(12)9-13(17)14-11-5-2-1-3-6-11/h11-12,16H,1-10H2,(H,14,17)/t12-/m0/s1. The smallest absolute Gasteiger partial charge is 0.234 e. The highest BCUT2D eigenvalue weighted by atomic mass is 16.3. The van der Waals surface area contributed by atoms with E-state index in [-0.39, 0.29) is 18.6 Å². The lowest BCUT2D eigenvalue weighted by Crippen LogP contribution is -2.44. The normalized spacial score (nSPS) is 27.2. The largest absolute Gasteiger partial charge is 0.395 e. The van der Waals surface area contributed by atoms with Gasteiger partial charge in [0.25, 0.3) is 0 Å². The van der Waals surface area contributed by atoms with E-state index in [1.807, 2.05) is 0 Å². The van der Waals surface area contributed by atoms with Crippen molar-refractivity contribution in [3.05, 3.63) is 0 Å². The second-order valence-electron chi connectivity index (χ2n) is 5.35. The summed E-state index contributed by atoms with van der Waals surface area (Å²) in [6.07, 6.45) is 8.19. The van der Waals surface area contributed by atoms with Crippen LogP contribution in [-0.4, -0.2) is 47.7 Å². The average Bonchev–Trinajstić information content (AvgIpc) is 2.77. The number of rotatable bonds is 4. The Morgan fingerprint density at radius 3 is 2.65 bits per heavy atom. The van der Waals surface area contributed by atoms with Crippen LogP contribution in [0.4, 0.5) is 0 Å². The number of hydrogen-bond donors (Lipinski definition) is 2. The van der Waals surface area contributed by atoms with Gasteiger partial charge >= 0.3 is 0 Å². The number of hydrogen-bond acceptors (Lipinski definition) is 3. The van der Waals surface area contributed by atoms with E-state index in [0.29, 0.717) is 12.6 Å². The predicted octanol–water partition coefficient (Wildman–Crippen LogP) is 0.892. The maximum atomic E-state index is 11.9. The van der Waals surface area contributed by atoms with Crippen molar-refractivity contribution in [2.45, 2.75) is 57.0 Å². The van der Waals surface area contributed by atoms with Gasteiger partial charge < -0.3 is 10.4 Å². The van der Waals surface area contributed by atoms with E-state index in [1.165, 1.54) is 19.3 Å². The van der Waals surface area contributed by atoms with Crippen LogP contribution in [0.5, 0.6) is 0 Å². The third-order valence-electron chi connectivity index (χ3n) is 4.03. The number of carbonyl (C=O) groups excluding carboxylic acids is 1. The van der Waals surface area contributed by atoms with Crippen LogP contribution in [0.15, 0.2) is 0 Å². The first-order valence-electron chi connectivity index (χ1n) is 6.94. The SMILES string of the molecule is O=C(CN1CCC[C@H]1CO)NC1CCCCC1. The topological polar surface area (TPSA) is 52.6 Å². The van der Waals surface area contributed by atoms with E-state index in [1.54, 1.807) is 0 Å². The highest BCUT2D eigenvalue weighted by molar-refractivity contribution is 5.78. The Morgan fingerprint density at radius 1 is 1.18 bits per heavy atom. The van der Waals surface area contributed by atoms with Gasteiger partial charge in [-0.25, -0.2) is 0 Å². The highest BCUT2D eigenvalue weighted by Gasteiger charge is 2.26. The molecule has 0 bridgehead atoms. The van der Waals surface area contributed by atoms with Crippen LogP contribution in [0.2, 0.25) is 0 Å². The second kappa shape index (κ2) is 6.36. The summed E-state index contributed by atoms with van der Waals surface area (Å²) < 4.78 is 0. The van der Waals surface area contributed by atoms with Crippen molar-refractivity contribution in [1.29, 1.82) is 0 Å². The van der Waals surface area contributed by atoms with Crippen molar-refractivity contribution in [2.75, 3.05) is 19.7 Å². The molecule has 0 aromatic carbocycles. The number of likely N-dealkylation sites (tertiary alicyclic amines) is 1. The zero-order chi connectivity index (χ0) is 12.1. The average molecular weight is 240 g/mol. The number of nitrogens with one attached hydrogen (secondary N) is 1. The number of amides is 1. The Kier molecular flexibility index (Phi) is 4.80. The maximum absolute atomic E-state index is 11.9. The molecule has 0 aromatic rings. The van der Waals surface area contributed by atoms with Crippen LogP contribution >= 0.6 is 0 Å². The third-order valence-corrected chi connectivity index (χ3v) is 4.03. The minimum absolute atomic E-state index is 0.136. The van der Waals surface area contributed by atoms with Crippen LogP contribution in [0, 0.1) is 0 Å². The first kappa shape index (κ1) is 12.8. The number of nitrogens with zero attached hydrogens (tertiary/aromatic N) is 1. The molecule has 1 heterocycles. The van der Waals surface area contributed by atoms with E-state index in [4.69, 9.17) is 0 Å². The van der Waals surface area contributed by atoms with Gasteiger partial charge in [-0.15, -0.1) is 0 Å². The molecule has 1 saturated heterocycles. The predicted molar refractivity (Wildman–Crippen MR) is 66.7 cm³/mol. The van der Waals surface area contributed by atoms with Crippen molar-refractivity contribution in [2.24, 2.45) is 0 Å². The maximum Gasteiger partial charge on any atom is 0.234 e. The fraction of sp³-hybridized carbons (Fsp3) is 0.923. The Balaban J connectivity index is 1.72. The Morgan fingerprint density at radius 2 is 1.94 bits per heavy atom. The van der Waals surface area contributed by atoms with Gasteiger partial charge in [0, 0.05) is 12.1 Å². The highest BCUT2D eigenvalue weighted by Crippen LogP contribution is 2.18. The van der Waals surface area contributed by atoms with Crippen LogP contribution in [-0.2, 0) is 4.79 Å². The van der Waals surface area contributed by atoms with E-state index in [2.05, 4.69) is 10.2 Å². The van der Waals surface area contributed by atoms with Gasteiger partial charge in [0.05, 0.1) is 13.2 Å². The van der Waals surface area contributed by atoms with Crippen LogP contribution in [0.3, 0.4) is 0 Å². The molecule has 1 aliphatic heterocycles. The summed E-state index contributed by atoms with van der Waals surface area (Å²) in [4.78, 5) is 14.0. The Bertz CT molecular complexity index is 252. The fourth-order valence-corrected chi connectivity index (χ4v) is 3.01. The van der Waals surface area contributed by atoms with Gasteiger partial charge in [0.1, 0.15) is 0 Å². The molecule has 4 heteroatoms. The summed E-state index contributed by atoms with van der Waals surface area (Å²) in [5.74, 6) is 0.136. The van der Waals surface area contributed by atoms with Crippen molar-refractivity contribution < 1.29 is 9.90 Å². The molecular weight excluding hydrogens is 216 g/mol. The number of aliphatic hydroxyl groups excluding tert-OH is 1. The fourth-order valence-electron chi connectivity index (χ4n) is 3.01. The lowest BCUT2D eigenvalue weighted by molar-refractivity contribution is -0.123. The monoisotopic (exact) mass is 240 g/mol. The number of carbonyl (C=O) groups is 1. The summed E-state index contributed by atoms with van der Waals surface area (Å²) in [7, 11) is 0. The van der Waals surface area contributed by atoms with Gasteiger partial charge in [-0.1, -0.05) is 19.3 Å². The van der Waals surface area contributed by atoms with Gasteiger partial charge in [-0.3, -0.25) is 9.69 Å². The molecule has 2 rings (SSSR count). The molecule has 0 aromatic heterocycles. The van der Waals surface area contributed by atoms with Crippen LogP contribution in [0.25, 0.3) is 0 Å². The number of aliphatic hydroxyl groups is 1. The molecule has 0 spiro atoms. The minimum atomic E-state index is 0.136. The van der Waals surface area contributed by atoms with E-state index in [0.717, 1.165) is 32.2 Å². The minimum Gasteiger partial charge on any atom is -0.395 e. The zero-order valence-corrected chi connectivity index (χ0v) is 10.5. The van der Waals surface area contributed by atoms with E-state index in [9.17, 15) is 9.90 Å². The van der Waals surface area contributed by atoms with E-state index < -0.39 is 0 Å². The molecule has 1 aliphatic carbocycles. The summed E-state index contributed by atoms with van der Waals surface area (Å²) >= 11 is 0. The summed E-state index contributed by atoms with van der Waals surface area (Å²) in [6, 6.07) is 0.596. The quantitative estimate of drug-likeness (QED) is 0.767. The summed E-state index contributed by atoms with van der Waals surface area (Å²) in [5.41, 5.74) is 0. The second-order valence-corrected chi connectivity index (χ2v) is 5.35. The van der Waals surface area contributed by atoms with Gasteiger partial charge in [-0.05, 0) is 32.2 Å². The third kappa shape index (κ3) is 3.68. The van der Waals surface area contributed by atoms with Crippen LogP contribution < -0.4 is 5.32 Å². The molecular formula is C13H24N2O2. The Labute approximate surface area is 103 Å². The molecule has 0 radical (unpaired) electrons. The van der Waals surface area contributed by atoms with Gasteiger partial charge in [0.15, 0.2) is 0 Å². The molecule has 1 atom stereocenters.